The van der Waals surface area contributed by atoms with E-state index >= 15 is 0 Å². The molecule has 0 fully saturated rings. The smallest absolute Gasteiger partial charge is 0.265 e. The molecule has 0 spiro atoms. The van der Waals surface area contributed by atoms with Crippen molar-refractivity contribution >= 4 is 11.8 Å². The van der Waals surface area contributed by atoms with Crippen LogP contribution < -0.4 is 9.47 Å². The van der Waals surface area contributed by atoms with E-state index in [1.807, 2.05) is 36.4 Å². The highest BCUT2D eigenvalue weighted by atomic mass is 16.5. The zero-order valence-corrected chi connectivity index (χ0v) is 19.2. The van der Waals surface area contributed by atoms with Crippen molar-refractivity contribution in [2.75, 3.05) is 20.8 Å². The van der Waals surface area contributed by atoms with Gasteiger partial charge in [-0.3, -0.25) is 14.5 Å². The molecule has 0 aliphatic carbocycles. The number of hydrogen-bond acceptors (Lipinski definition) is 6. The van der Waals surface area contributed by atoms with Gasteiger partial charge in [0.2, 0.25) is 0 Å². The fraction of sp³-hybridized carbons (Fsp3) is 0.259. The lowest BCUT2D eigenvalue weighted by Gasteiger charge is -2.27. The van der Waals surface area contributed by atoms with Crippen molar-refractivity contribution < 1.29 is 28.9 Å². The number of fused-ring (bicyclic) bond motifs is 1. The first-order valence-corrected chi connectivity index (χ1v) is 11.1. The van der Waals surface area contributed by atoms with E-state index in [-0.39, 0.29) is 16.9 Å². The molecular weight excluding hydrogens is 434 g/mol. The van der Waals surface area contributed by atoms with Crippen LogP contribution in [0.5, 0.6) is 17.2 Å². The van der Waals surface area contributed by atoms with Crippen LogP contribution in [-0.2, 0) is 11.3 Å². The van der Waals surface area contributed by atoms with E-state index in [1.54, 1.807) is 31.4 Å². The third kappa shape index (κ3) is 4.61. The van der Waals surface area contributed by atoms with Gasteiger partial charge in [0.1, 0.15) is 5.75 Å². The second kappa shape index (κ2) is 10.4. The highest BCUT2D eigenvalue weighted by Crippen LogP contribution is 2.39. The lowest BCUT2D eigenvalue weighted by molar-refractivity contribution is 0.0551. The van der Waals surface area contributed by atoms with Crippen LogP contribution in [0.25, 0.3) is 0 Å². The van der Waals surface area contributed by atoms with Gasteiger partial charge in [-0.15, -0.1) is 0 Å². The maximum Gasteiger partial charge on any atom is 0.265 e. The molecule has 1 aliphatic rings. The Kier molecular flexibility index (Phi) is 7.13. The van der Waals surface area contributed by atoms with Crippen molar-refractivity contribution in [3.8, 4) is 17.2 Å². The molecule has 1 heterocycles. The first kappa shape index (κ1) is 23.3. The molecule has 7 nitrogen and oxygen atoms in total. The van der Waals surface area contributed by atoms with E-state index in [0.717, 1.165) is 11.1 Å². The third-order valence-corrected chi connectivity index (χ3v) is 5.91. The summed E-state index contributed by atoms with van der Waals surface area (Å²) in [6.07, 6.45) is 1.10. The Morgan fingerprint density at radius 1 is 0.882 bits per heavy atom. The molecule has 7 heteroatoms. The normalized spacial score (nSPS) is 13.6. The molecule has 0 saturated carbocycles. The van der Waals surface area contributed by atoms with E-state index in [1.165, 1.54) is 18.1 Å². The van der Waals surface area contributed by atoms with Gasteiger partial charge in [-0.2, -0.15) is 0 Å². The number of ether oxygens (including phenoxy) is 3. The number of aromatic hydroxyl groups is 1. The number of rotatable bonds is 10. The predicted molar refractivity (Wildman–Crippen MR) is 126 cm³/mol. The molecule has 0 radical (unpaired) electrons. The van der Waals surface area contributed by atoms with Gasteiger partial charge in [0.05, 0.1) is 38.0 Å². The zero-order chi connectivity index (χ0) is 24.1. The van der Waals surface area contributed by atoms with Crippen LogP contribution in [0, 0.1) is 0 Å². The Morgan fingerprint density at radius 2 is 1.65 bits per heavy atom. The first-order chi connectivity index (χ1) is 16.5. The van der Waals surface area contributed by atoms with Crippen LogP contribution >= 0.6 is 0 Å². The Morgan fingerprint density at radius 3 is 2.35 bits per heavy atom. The number of benzene rings is 3. The fourth-order valence-corrected chi connectivity index (χ4v) is 4.22. The minimum Gasteiger partial charge on any atom is -0.507 e. The van der Waals surface area contributed by atoms with Crippen LogP contribution in [0.1, 0.15) is 50.7 Å². The highest BCUT2D eigenvalue weighted by molar-refractivity contribution is 6.22. The summed E-state index contributed by atoms with van der Waals surface area (Å²) in [5.41, 5.74) is 2.05. The first-order valence-electron chi connectivity index (χ1n) is 11.1. The van der Waals surface area contributed by atoms with Crippen molar-refractivity contribution in [2.45, 2.75) is 25.5 Å². The molecular formula is C27H27NO6. The minimum atomic E-state index is -0.563. The number of carbonyl (C=O) groups excluding carboxylic acids is 2. The number of imide groups is 1. The summed E-state index contributed by atoms with van der Waals surface area (Å²) in [6, 6.07) is 19.2. The van der Waals surface area contributed by atoms with Gasteiger partial charge in [-0.25, -0.2) is 0 Å². The van der Waals surface area contributed by atoms with Crippen molar-refractivity contribution in [1.82, 2.24) is 4.90 Å². The maximum absolute atomic E-state index is 13.3. The second-order valence-electron chi connectivity index (χ2n) is 7.99. The second-order valence-corrected chi connectivity index (χ2v) is 7.99. The van der Waals surface area contributed by atoms with Gasteiger partial charge in [0.25, 0.3) is 11.8 Å². The predicted octanol–water partition coefficient (Wildman–Crippen LogP) is 4.74. The standard InChI is InChI=1S/C27H27NO6/c1-32-23-14-13-19(16-24(23)33-2)21(11-7-15-34-17-18-8-4-3-5-9-18)28-26(30)20-10-6-12-22(29)25(20)27(28)31/h3-6,8-10,12-14,16,21,29H,7,11,15,17H2,1-2H3/t21-/m1/s1. The van der Waals surface area contributed by atoms with E-state index in [9.17, 15) is 14.7 Å². The number of carbonyl (C=O) groups is 2. The molecule has 2 amide bonds. The van der Waals surface area contributed by atoms with Crippen molar-refractivity contribution in [3.63, 3.8) is 0 Å². The summed E-state index contributed by atoms with van der Waals surface area (Å²) in [4.78, 5) is 27.7. The number of phenols is 1. The monoisotopic (exact) mass is 461 g/mol. The number of methoxy groups -OCH3 is 2. The minimum absolute atomic E-state index is 0.0401. The number of phenolic OH excluding ortho intramolecular Hbond substituents is 1. The average molecular weight is 462 g/mol. The number of nitrogens with zero attached hydrogens (tertiary/aromatic N) is 1. The quantitative estimate of drug-likeness (QED) is 0.347. The summed E-state index contributed by atoms with van der Waals surface area (Å²) < 4.78 is 16.6. The molecule has 1 aliphatic heterocycles. The van der Waals surface area contributed by atoms with Crippen LogP contribution in [0.3, 0.4) is 0 Å². The summed E-state index contributed by atoms with van der Waals surface area (Å²) in [6.45, 7) is 0.954. The van der Waals surface area contributed by atoms with Crippen LogP contribution in [0.2, 0.25) is 0 Å². The van der Waals surface area contributed by atoms with Crippen molar-refractivity contribution in [2.24, 2.45) is 0 Å². The van der Waals surface area contributed by atoms with Gasteiger partial charge in [0, 0.05) is 6.61 Å². The molecule has 34 heavy (non-hydrogen) atoms. The Balaban J connectivity index is 1.57. The molecule has 0 aromatic heterocycles. The number of amides is 2. The summed E-state index contributed by atoms with van der Waals surface area (Å²) in [7, 11) is 3.08. The largest absolute Gasteiger partial charge is 0.507 e. The summed E-state index contributed by atoms with van der Waals surface area (Å²) >= 11 is 0. The molecule has 1 N–H and O–H groups in total. The maximum atomic E-state index is 13.3. The molecule has 176 valence electrons. The Labute approximate surface area is 198 Å². The van der Waals surface area contributed by atoms with Gasteiger partial charge < -0.3 is 19.3 Å². The van der Waals surface area contributed by atoms with Gasteiger partial charge >= 0.3 is 0 Å². The van der Waals surface area contributed by atoms with Gasteiger partial charge in [0.15, 0.2) is 11.5 Å². The molecule has 0 saturated heterocycles. The summed E-state index contributed by atoms with van der Waals surface area (Å²) in [5.74, 6) is -0.0828. The van der Waals surface area contributed by atoms with E-state index < -0.39 is 17.9 Å². The van der Waals surface area contributed by atoms with E-state index in [2.05, 4.69) is 0 Å². The molecule has 1 atom stereocenters. The molecule has 0 bridgehead atoms. The highest BCUT2D eigenvalue weighted by Gasteiger charge is 2.42. The zero-order valence-electron chi connectivity index (χ0n) is 19.2. The Hall–Kier alpha value is -3.84. The van der Waals surface area contributed by atoms with Crippen molar-refractivity contribution in [3.05, 3.63) is 89.0 Å². The Bertz CT molecular complexity index is 1180. The fourth-order valence-electron chi connectivity index (χ4n) is 4.22. The van der Waals surface area contributed by atoms with Gasteiger partial charge in [-0.05, 0) is 48.2 Å². The molecule has 3 aromatic carbocycles. The summed E-state index contributed by atoms with van der Waals surface area (Å²) in [5, 5.41) is 10.2. The SMILES string of the molecule is COc1ccc([C@@H](CCCOCc2ccccc2)N2C(=O)c3cccc(O)c3C2=O)cc1OC. The van der Waals surface area contributed by atoms with Gasteiger partial charge in [-0.1, -0.05) is 42.5 Å². The lowest BCUT2D eigenvalue weighted by Crippen LogP contribution is -2.34. The topological polar surface area (TPSA) is 85.3 Å². The van der Waals surface area contributed by atoms with E-state index in [4.69, 9.17) is 14.2 Å². The van der Waals surface area contributed by atoms with E-state index in [0.29, 0.717) is 37.6 Å². The average Bonchev–Trinajstić information content (AvgIpc) is 3.12. The molecule has 0 unspecified atom stereocenters. The number of hydrogen-bond donors (Lipinski definition) is 1. The third-order valence-electron chi connectivity index (χ3n) is 5.91. The van der Waals surface area contributed by atoms with Crippen LogP contribution in [0.4, 0.5) is 0 Å². The molecule has 4 rings (SSSR count). The van der Waals surface area contributed by atoms with Crippen LogP contribution in [0.15, 0.2) is 66.7 Å². The van der Waals surface area contributed by atoms with Crippen LogP contribution in [-0.4, -0.2) is 42.6 Å². The lowest BCUT2D eigenvalue weighted by atomic mass is 9.99. The molecule has 3 aromatic rings. The van der Waals surface area contributed by atoms with Crippen molar-refractivity contribution in [1.29, 1.82) is 0 Å².